The summed E-state index contributed by atoms with van der Waals surface area (Å²) in [7, 11) is 1.55. The number of carbonyl (C=O) groups is 1. The van der Waals surface area contributed by atoms with Gasteiger partial charge in [-0.1, -0.05) is 29.4 Å². The Morgan fingerprint density at radius 1 is 1.12 bits per heavy atom. The van der Waals surface area contributed by atoms with E-state index in [4.69, 9.17) is 14.0 Å². The summed E-state index contributed by atoms with van der Waals surface area (Å²) < 4.78 is 18.5. The largest absolute Gasteiger partial charge is 0.493 e. The summed E-state index contributed by atoms with van der Waals surface area (Å²) in [5.41, 5.74) is 4.34. The average molecular weight is 447 g/mol. The van der Waals surface area contributed by atoms with Gasteiger partial charge in [-0.25, -0.2) is 4.98 Å². The second-order valence-corrected chi connectivity index (χ2v) is 7.64. The summed E-state index contributed by atoms with van der Waals surface area (Å²) in [5, 5.41) is 6.93. The van der Waals surface area contributed by atoms with Crippen LogP contribution in [-0.4, -0.2) is 27.7 Å². The van der Waals surface area contributed by atoms with Gasteiger partial charge in [-0.15, -0.1) is 0 Å². The van der Waals surface area contributed by atoms with Crippen LogP contribution in [0.1, 0.15) is 38.5 Å². The molecule has 2 heterocycles. The van der Waals surface area contributed by atoms with Crippen molar-refractivity contribution in [2.45, 2.75) is 33.5 Å². The number of nitrogens with one attached hydrogen (secondary N) is 1. The normalized spacial score (nSPS) is 10.8. The van der Waals surface area contributed by atoms with Crippen molar-refractivity contribution in [3.63, 3.8) is 0 Å². The van der Waals surface area contributed by atoms with E-state index in [1.165, 1.54) is 0 Å². The summed E-state index contributed by atoms with van der Waals surface area (Å²) in [6, 6.07) is 13.2. The van der Waals surface area contributed by atoms with E-state index >= 15 is 0 Å². The van der Waals surface area contributed by atoms with Gasteiger partial charge >= 0.3 is 0 Å². The van der Waals surface area contributed by atoms with Crippen molar-refractivity contribution in [3.8, 4) is 11.5 Å². The van der Waals surface area contributed by atoms with E-state index in [2.05, 4.69) is 21.5 Å². The van der Waals surface area contributed by atoms with Gasteiger partial charge in [0.25, 0.3) is 5.91 Å². The maximum absolute atomic E-state index is 12.8. The number of imidazole rings is 1. The minimum atomic E-state index is -0.192. The molecule has 2 aromatic carbocycles. The van der Waals surface area contributed by atoms with Crippen LogP contribution in [0.2, 0.25) is 0 Å². The zero-order chi connectivity index (χ0) is 23.2. The van der Waals surface area contributed by atoms with Crippen molar-refractivity contribution < 1.29 is 18.8 Å². The fourth-order valence-electron chi connectivity index (χ4n) is 3.52. The summed E-state index contributed by atoms with van der Waals surface area (Å²) in [4.78, 5) is 16.9. The van der Waals surface area contributed by atoms with Crippen LogP contribution in [0.5, 0.6) is 11.5 Å². The number of carbonyl (C=O) groups excluding carboxylic acids is 1. The van der Waals surface area contributed by atoms with Gasteiger partial charge in [-0.3, -0.25) is 4.79 Å². The molecular weight excluding hydrogens is 420 g/mol. The summed E-state index contributed by atoms with van der Waals surface area (Å²) in [6.07, 6.45) is 5.44. The smallest absolute Gasteiger partial charge is 0.251 e. The number of ether oxygens (including phenoxy) is 2. The molecule has 4 rings (SSSR count). The van der Waals surface area contributed by atoms with Crippen LogP contribution in [-0.2, 0) is 19.7 Å². The first kappa shape index (κ1) is 22.1. The van der Waals surface area contributed by atoms with Crippen LogP contribution in [0.25, 0.3) is 0 Å². The SMILES string of the molecule is COc1cc(C(=O)NCc2ccccc2Cn2ccnc2)ccc1OCc1c(C)noc1C. The second kappa shape index (κ2) is 10.0. The summed E-state index contributed by atoms with van der Waals surface area (Å²) >= 11 is 0. The molecule has 8 nitrogen and oxygen atoms in total. The third-order valence-electron chi connectivity index (χ3n) is 5.45. The Labute approximate surface area is 192 Å². The molecular formula is C25H26N4O4. The molecule has 0 bridgehead atoms. The standard InChI is InChI=1S/C25H26N4O4/c1-17-22(18(2)33-28-17)15-32-23-9-8-19(12-24(23)31-3)25(30)27-13-20-6-4-5-7-21(20)14-29-11-10-26-16-29/h4-12,16H,13-15H2,1-3H3,(H,27,30). The Morgan fingerprint density at radius 2 is 1.94 bits per heavy atom. The number of nitrogens with zero attached hydrogens (tertiary/aromatic N) is 3. The number of methoxy groups -OCH3 is 1. The first-order chi connectivity index (χ1) is 16.0. The lowest BCUT2D eigenvalue weighted by atomic mass is 10.1. The topological polar surface area (TPSA) is 91.4 Å². The molecule has 2 aromatic heterocycles. The number of rotatable bonds is 9. The minimum absolute atomic E-state index is 0.192. The molecule has 1 N–H and O–H groups in total. The Morgan fingerprint density at radius 3 is 2.64 bits per heavy atom. The third kappa shape index (κ3) is 5.23. The van der Waals surface area contributed by atoms with Crippen molar-refractivity contribution in [2.24, 2.45) is 0 Å². The molecule has 0 spiro atoms. The molecule has 8 heteroatoms. The molecule has 0 aliphatic rings. The molecule has 170 valence electrons. The first-order valence-electron chi connectivity index (χ1n) is 10.6. The monoisotopic (exact) mass is 446 g/mol. The van der Waals surface area contributed by atoms with Crippen molar-refractivity contribution in [1.82, 2.24) is 20.0 Å². The van der Waals surface area contributed by atoms with Gasteiger partial charge in [0.15, 0.2) is 11.5 Å². The van der Waals surface area contributed by atoms with Crippen LogP contribution in [0.4, 0.5) is 0 Å². The Kier molecular flexibility index (Phi) is 6.73. The van der Waals surface area contributed by atoms with Gasteiger partial charge in [0, 0.05) is 31.0 Å². The van der Waals surface area contributed by atoms with Crippen LogP contribution >= 0.6 is 0 Å². The van der Waals surface area contributed by atoms with E-state index in [0.717, 1.165) is 28.1 Å². The molecule has 0 atom stereocenters. The van der Waals surface area contributed by atoms with Gasteiger partial charge in [0.1, 0.15) is 12.4 Å². The van der Waals surface area contributed by atoms with E-state index in [1.807, 2.05) is 42.8 Å². The van der Waals surface area contributed by atoms with E-state index in [0.29, 0.717) is 36.8 Å². The Bertz CT molecular complexity index is 1210. The Hall–Kier alpha value is -4.07. The molecule has 0 saturated heterocycles. The third-order valence-corrected chi connectivity index (χ3v) is 5.45. The molecule has 0 aliphatic carbocycles. The van der Waals surface area contributed by atoms with E-state index in [1.54, 1.807) is 37.8 Å². The molecule has 0 aliphatic heterocycles. The second-order valence-electron chi connectivity index (χ2n) is 7.64. The molecule has 0 saturated carbocycles. The summed E-state index contributed by atoms with van der Waals surface area (Å²) in [5.74, 6) is 1.55. The number of aromatic nitrogens is 3. The molecule has 0 unspecified atom stereocenters. The summed E-state index contributed by atoms with van der Waals surface area (Å²) in [6.45, 7) is 5.12. The molecule has 0 radical (unpaired) electrons. The number of hydrogen-bond donors (Lipinski definition) is 1. The van der Waals surface area contributed by atoms with Crippen molar-refractivity contribution in [2.75, 3.05) is 7.11 Å². The highest BCUT2D eigenvalue weighted by Crippen LogP contribution is 2.29. The molecule has 1 amide bonds. The molecule has 33 heavy (non-hydrogen) atoms. The van der Waals surface area contributed by atoms with Gasteiger partial charge in [-0.05, 0) is 43.2 Å². The van der Waals surface area contributed by atoms with Gasteiger partial charge in [0.05, 0.1) is 24.7 Å². The van der Waals surface area contributed by atoms with E-state index in [9.17, 15) is 4.79 Å². The Balaban J connectivity index is 1.42. The zero-order valence-corrected chi connectivity index (χ0v) is 18.9. The molecule has 4 aromatic rings. The van der Waals surface area contributed by atoms with Gasteiger partial charge < -0.3 is 23.9 Å². The fourth-order valence-corrected chi connectivity index (χ4v) is 3.52. The van der Waals surface area contributed by atoms with E-state index < -0.39 is 0 Å². The van der Waals surface area contributed by atoms with Gasteiger partial charge in [0.2, 0.25) is 0 Å². The maximum Gasteiger partial charge on any atom is 0.251 e. The lowest BCUT2D eigenvalue weighted by Crippen LogP contribution is -2.23. The van der Waals surface area contributed by atoms with Crippen molar-refractivity contribution in [1.29, 1.82) is 0 Å². The van der Waals surface area contributed by atoms with Crippen LogP contribution < -0.4 is 14.8 Å². The van der Waals surface area contributed by atoms with Crippen LogP contribution in [0.15, 0.2) is 65.7 Å². The average Bonchev–Trinajstić information content (AvgIpc) is 3.46. The van der Waals surface area contributed by atoms with Gasteiger partial charge in [-0.2, -0.15) is 0 Å². The molecule has 0 fully saturated rings. The number of benzene rings is 2. The fraction of sp³-hybridized carbons (Fsp3) is 0.240. The van der Waals surface area contributed by atoms with Crippen LogP contribution in [0.3, 0.4) is 0 Å². The quantitative estimate of drug-likeness (QED) is 0.417. The predicted octanol–water partition coefficient (Wildman–Crippen LogP) is 4.05. The predicted molar refractivity (Wildman–Crippen MR) is 122 cm³/mol. The first-order valence-corrected chi connectivity index (χ1v) is 10.6. The van der Waals surface area contributed by atoms with Crippen molar-refractivity contribution in [3.05, 3.63) is 94.9 Å². The number of aryl methyl sites for hydroxylation is 2. The van der Waals surface area contributed by atoms with E-state index in [-0.39, 0.29) is 5.91 Å². The number of amides is 1. The lowest BCUT2D eigenvalue weighted by molar-refractivity contribution is 0.0950. The highest BCUT2D eigenvalue weighted by molar-refractivity contribution is 5.94. The highest BCUT2D eigenvalue weighted by atomic mass is 16.5. The maximum atomic E-state index is 12.8. The lowest BCUT2D eigenvalue weighted by Gasteiger charge is -2.13. The van der Waals surface area contributed by atoms with Crippen molar-refractivity contribution >= 4 is 5.91 Å². The number of hydrogen-bond acceptors (Lipinski definition) is 6. The van der Waals surface area contributed by atoms with Crippen LogP contribution in [0, 0.1) is 13.8 Å². The minimum Gasteiger partial charge on any atom is -0.493 e. The zero-order valence-electron chi connectivity index (χ0n) is 18.9. The highest BCUT2D eigenvalue weighted by Gasteiger charge is 2.14.